The second-order valence-electron chi connectivity index (χ2n) is 3.37. The molecule has 5 heteroatoms. The van der Waals surface area contributed by atoms with Crippen LogP contribution in [0.5, 0.6) is 0 Å². The number of halogens is 3. The van der Waals surface area contributed by atoms with Crippen LogP contribution >= 0.6 is 11.8 Å². The van der Waals surface area contributed by atoms with Crippen molar-refractivity contribution >= 4 is 11.8 Å². The van der Waals surface area contributed by atoms with E-state index in [1.807, 2.05) is 6.07 Å². The first kappa shape index (κ1) is 13.4. The van der Waals surface area contributed by atoms with Gasteiger partial charge >= 0.3 is 6.18 Å². The van der Waals surface area contributed by atoms with Crippen LogP contribution in [0.1, 0.15) is 6.42 Å². The zero-order chi connectivity index (χ0) is 12.0. The molecular formula is C11H13F3OS. The lowest BCUT2D eigenvalue weighted by Gasteiger charge is -2.18. The van der Waals surface area contributed by atoms with Crippen LogP contribution in [0.2, 0.25) is 0 Å². The number of hydrogen-bond acceptors (Lipinski definition) is 2. The van der Waals surface area contributed by atoms with Gasteiger partial charge in [-0.05, 0) is 18.6 Å². The highest BCUT2D eigenvalue weighted by Gasteiger charge is 2.38. The lowest BCUT2D eigenvalue weighted by molar-refractivity contribution is -0.171. The third-order valence-electron chi connectivity index (χ3n) is 2.13. The summed E-state index contributed by atoms with van der Waals surface area (Å²) >= 11 is 1.16. The third kappa shape index (κ3) is 4.45. The van der Waals surface area contributed by atoms with Crippen LogP contribution in [-0.4, -0.2) is 23.6 Å². The predicted octanol–water partition coefficient (Wildman–Crippen LogP) is 3.34. The predicted molar refractivity (Wildman–Crippen MR) is 58.4 cm³/mol. The number of alkyl halides is 3. The fraction of sp³-hybridized carbons (Fsp3) is 0.455. The highest BCUT2D eigenvalue weighted by atomic mass is 32.2. The largest absolute Gasteiger partial charge is 0.396 e. The Bertz CT molecular complexity index is 300. The Balaban J connectivity index is 2.51. The number of hydrogen-bond donors (Lipinski definition) is 1. The van der Waals surface area contributed by atoms with Gasteiger partial charge in [-0.15, -0.1) is 11.8 Å². The summed E-state index contributed by atoms with van der Waals surface area (Å²) in [7, 11) is 0. The van der Waals surface area contributed by atoms with Crippen LogP contribution in [0.25, 0.3) is 0 Å². The molecule has 0 bridgehead atoms. The van der Waals surface area contributed by atoms with Crippen LogP contribution in [-0.2, 0) is 0 Å². The summed E-state index contributed by atoms with van der Waals surface area (Å²) in [6.07, 6.45) is -4.46. The Hall–Kier alpha value is -0.680. The Morgan fingerprint density at radius 3 is 2.31 bits per heavy atom. The van der Waals surface area contributed by atoms with Crippen LogP contribution in [0.3, 0.4) is 0 Å². The molecule has 16 heavy (non-hydrogen) atoms. The molecule has 1 nitrogen and oxygen atoms in total. The zero-order valence-corrected chi connectivity index (χ0v) is 9.39. The smallest absolute Gasteiger partial charge is 0.392 e. The molecule has 0 spiro atoms. The van der Waals surface area contributed by atoms with E-state index >= 15 is 0 Å². The maximum atomic E-state index is 12.5. The molecule has 0 amide bonds. The number of aliphatic hydroxyl groups is 1. The molecule has 0 radical (unpaired) electrons. The van der Waals surface area contributed by atoms with Gasteiger partial charge in [-0.1, -0.05) is 18.2 Å². The van der Waals surface area contributed by atoms with E-state index in [9.17, 15) is 13.2 Å². The molecule has 1 rings (SSSR count). The van der Waals surface area contributed by atoms with Crippen LogP contribution in [0.4, 0.5) is 13.2 Å². The molecule has 1 aromatic carbocycles. The van der Waals surface area contributed by atoms with Gasteiger partial charge in [-0.25, -0.2) is 0 Å². The summed E-state index contributed by atoms with van der Waals surface area (Å²) in [6, 6.07) is 8.95. The fourth-order valence-electron chi connectivity index (χ4n) is 1.21. The highest BCUT2D eigenvalue weighted by Crippen LogP contribution is 2.33. The summed E-state index contributed by atoms with van der Waals surface area (Å²) < 4.78 is 37.5. The Kier molecular flexibility index (Phi) is 5.15. The summed E-state index contributed by atoms with van der Waals surface area (Å²) in [5, 5.41) is 8.59. The maximum absolute atomic E-state index is 12.5. The molecule has 0 aliphatic rings. The van der Waals surface area contributed by atoms with E-state index in [4.69, 9.17) is 5.11 Å². The van der Waals surface area contributed by atoms with E-state index in [1.54, 1.807) is 24.3 Å². The van der Waals surface area contributed by atoms with Gasteiger partial charge in [0.15, 0.2) is 0 Å². The van der Waals surface area contributed by atoms with Crippen LogP contribution < -0.4 is 0 Å². The molecule has 0 fully saturated rings. The zero-order valence-electron chi connectivity index (χ0n) is 8.57. The second-order valence-corrected chi connectivity index (χ2v) is 4.47. The number of thioether (sulfide) groups is 1. The van der Waals surface area contributed by atoms with Gasteiger partial charge in [0.05, 0.1) is 5.92 Å². The summed E-state index contributed by atoms with van der Waals surface area (Å²) in [5.74, 6) is -1.49. The average Bonchev–Trinajstić information content (AvgIpc) is 2.24. The topological polar surface area (TPSA) is 20.2 Å². The fourth-order valence-corrected chi connectivity index (χ4v) is 2.31. The molecule has 0 saturated heterocycles. The lowest BCUT2D eigenvalue weighted by Crippen LogP contribution is -2.26. The highest BCUT2D eigenvalue weighted by molar-refractivity contribution is 7.99. The minimum atomic E-state index is -4.23. The lowest BCUT2D eigenvalue weighted by atomic mass is 10.1. The van der Waals surface area contributed by atoms with Crippen molar-refractivity contribution in [1.82, 2.24) is 0 Å². The molecule has 0 aliphatic carbocycles. The maximum Gasteiger partial charge on any atom is 0.392 e. The molecule has 1 atom stereocenters. The Morgan fingerprint density at radius 1 is 1.19 bits per heavy atom. The first-order chi connectivity index (χ1) is 7.54. The van der Waals surface area contributed by atoms with Gasteiger partial charge in [0.25, 0.3) is 0 Å². The molecule has 0 aromatic heterocycles. The molecule has 0 saturated carbocycles. The Morgan fingerprint density at radius 2 is 1.81 bits per heavy atom. The van der Waals surface area contributed by atoms with Crippen molar-refractivity contribution in [2.45, 2.75) is 17.5 Å². The summed E-state index contributed by atoms with van der Waals surface area (Å²) in [6.45, 7) is -0.431. The van der Waals surface area contributed by atoms with Crippen LogP contribution in [0, 0.1) is 5.92 Å². The quantitative estimate of drug-likeness (QED) is 0.809. The standard InChI is InChI=1S/C11H13F3OS/c12-11(13,14)9(6-7-15)8-16-10-4-2-1-3-5-10/h1-5,9,15H,6-8H2/t9-/m0/s1. The van der Waals surface area contributed by atoms with Gasteiger partial charge in [0.2, 0.25) is 0 Å². The second kappa shape index (κ2) is 6.15. The Labute approximate surface area is 96.7 Å². The molecule has 1 N–H and O–H groups in total. The summed E-state index contributed by atoms with van der Waals surface area (Å²) in [5.41, 5.74) is 0. The first-order valence-corrected chi connectivity index (χ1v) is 5.88. The average molecular weight is 250 g/mol. The third-order valence-corrected chi connectivity index (χ3v) is 3.31. The van der Waals surface area contributed by atoms with Crippen molar-refractivity contribution in [3.8, 4) is 0 Å². The van der Waals surface area contributed by atoms with E-state index < -0.39 is 18.7 Å². The van der Waals surface area contributed by atoms with Crippen molar-refractivity contribution in [2.24, 2.45) is 5.92 Å². The van der Waals surface area contributed by atoms with E-state index in [-0.39, 0.29) is 12.2 Å². The van der Waals surface area contributed by atoms with Gasteiger partial charge in [-0.2, -0.15) is 13.2 Å². The van der Waals surface area contributed by atoms with Crippen molar-refractivity contribution in [3.05, 3.63) is 30.3 Å². The van der Waals surface area contributed by atoms with Crippen molar-refractivity contribution in [2.75, 3.05) is 12.4 Å². The SMILES string of the molecule is OCC[C@@H](CSc1ccccc1)C(F)(F)F. The van der Waals surface area contributed by atoms with E-state index in [1.165, 1.54) is 0 Å². The molecular weight excluding hydrogens is 237 g/mol. The van der Waals surface area contributed by atoms with Gasteiger partial charge in [0.1, 0.15) is 0 Å². The van der Waals surface area contributed by atoms with Crippen molar-refractivity contribution in [1.29, 1.82) is 0 Å². The number of rotatable bonds is 5. The minimum absolute atomic E-state index is 0.0475. The normalized spacial score (nSPS) is 13.8. The molecule has 0 heterocycles. The molecule has 0 unspecified atom stereocenters. The first-order valence-electron chi connectivity index (χ1n) is 4.89. The summed E-state index contributed by atoms with van der Waals surface area (Å²) in [4.78, 5) is 0.815. The monoisotopic (exact) mass is 250 g/mol. The molecule has 90 valence electrons. The number of benzene rings is 1. The van der Waals surface area contributed by atoms with Gasteiger partial charge < -0.3 is 5.11 Å². The van der Waals surface area contributed by atoms with E-state index in [0.29, 0.717) is 0 Å². The number of aliphatic hydroxyl groups excluding tert-OH is 1. The van der Waals surface area contributed by atoms with Crippen LogP contribution in [0.15, 0.2) is 35.2 Å². The molecule has 0 aliphatic heterocycles. The minimum Gasteiger partial charge on any atom is -0.396 e. The van der Waals surface area contributed by atoms with E-state index in [0.717, 1.165) is 16.7 Å². The van der Waals surface area contributed by atoms with Gasteiger partial charge in [-0.3, -0.25) is 0 Å². The molecule has 1 aromatic rings. The van der Waals surface area contributed by atoms with Crippen molar-refractivity contribution < 1.29 is 18.3 Å². The van der Waals surface area contributed by atoms with Crippen molar-refractivity contribution in [3.63, 3.8) is 0 Å². The van der Waals surface area contributed by atoms with Gasteiger partial charge in [0, 0.05) is 17.3 Å². The van der Waals surface area contributed by atoms with E-state index in [2.05, 4.69) is 0 Å².